The van der Waals surface area contributed by atoms with Crippen LogP contribution in [0.25, 0.3) is 0 Å². The van der Waals surface area contributed by atoms with Crippen molar-refractivity contribution in [2.45, 2.75) is 6.42 Å². The molecule has 0 amide bonds. The van der Waals surface area contributed by atoms with Crippen LogP contribution in [0.5, 0.6) is 0 Å². The standard InChI is InChI=1S/C9H14S4/c1-3-10-7-5-6-8-12-13-9-11-4-2/h3-4,6,8H,1-2,5,7,9H2. The Hall–Kier alpha value is 0.620. The summed E-state index contributed by atoms with van der Waals surface area (Å²) in [4.78, 5) is 0. The second kappa shape index (κ2) is 12.6. The third-order valence-corrected chi connectivity index (χ3v) is 4.89. The first kappa shape index (κ1) is 13.6. The summed E-state index contributed by atoms with van der Waals surface area (Å²) >= 11 is 3.49. The van der Waals surface area contributed by atoms with E-state index in [1.54, 1.807) is 34.3 Å². The van der Waals surface area contributed by atoms with Crippen molar-refractivity contribution in [3.05, 3.63) is 35.5 Å². The van der Waals surface area contributed by atoms with Crippen molar-refractivity contribution in [1.82, 2.24) is 0 Å². The van der Waals surface area contributed by atoms with Crippen LogP contribution in [-0.4, -0.2) is 10.8 Å². The summed E-state index contributed by atoms with van der Waals surface area (Å²) in [6.45, 7) is 7.28. The van der Waals surface area contributed by atoms with E-state index in [0.717, 1.165) is 17.3 Å². The molecule has 0 saturated heterocycles. The van der Waals surface area contributed by atoms with Crippen molar-refractivity contribution >= 4 is 45.1 Å². The van der Waals surface area contributed by atoms with Gasteiger partial charge in [0, 0.05) is 5.75 Å². The maximum absolute atomic E-state index is 3.65. The summed E-state index contributed by atoms with van der Waals surface area (Å²) in [5.74, 6) is 1.13. The van der Waals surface area contributed by atoms with Gasteiger partial charge >= 0.3 is 0 Å². The van der Waals surface area contributed by atoms with Gasteiger partial charge in [0.1, 0.15) is 0 Å². The molecule has 0 heterocycles. The topological polar surface area (TPSA) is 0 Å². The molecule has 0 aliphatic rings. The van der Waals surface area contributed by atoms with E-state index in [0.29, 0.717) is 0 Å². The van der Waals surface area contributed by atoms with E-state index in [4.69, 9.17) is 0 Å². The number of rotatable bonds is 9. The Morgan fingerprint density at radius 1 is 1.08 bits per heavy atom. The van der Waals surface area contributed by atoms with Gasteiger partial charge in [-0.25, -0.2) is 0 Å². The minimum atomic E-state index is 1.07. The molecule has 0 spiro atoms. The second-order valence-electron chi connectivity index (χ2n) is 1.86. The van der Waals surface area contributed by atoms with Gasteiger partial charge in [-0.05, 0) is 22.6 Å². The van der Waals surface area contributed by atoms with Gasteiger partial charge in [0.15, 0.2) is 0 Å². The average molecular weight is 250 g/mol. The number of hydrogen-bond donors (Lipinski definition) is 0. The maximum Gasteiger partial charge on any atom is 0.0540 e. The predicted molar refractivity (Wildman–Crippen MR) is 74.2 cm³/mol. The van der Waals surface area contributed by atoms with Gasteiger partial charge in [-0.3, -0.25) is 0 Å². The molecule has 0 aromatic carbocycles. The highest BCUT2D eigenvalue weighted by molar-refractivity contribution is 8.79. The Morgan fingerprint density at radius 3 is 2.54 bits per heavy atom. The van der Waals surface area contributed by atoms with Crippen molar-refractivity contribution in [1.29, 1.82) is 0 Å². The molecule has 0 fully saturated rings. The fourth-order valence-corrected chi connectivity index (χ4v) is 3.50. The Bertz CT molecular complexity index is 154. The Balaban J connectivity index is 3.02. The largest absolute Gasteiger partial charge is 0.134 e. The lowest BCUT2D eigenvalue weighted by molar-refractivity contribution is 1.26. The molecule has 0 aromatic rings. The Morgan fingerprint density at radius 2 is 1.85 bits per heavy atom. The maximum atomic E-state index is 3.65. The van der Waals surface area contributed by atoms with Crippen LogP contribution < -0.4 is 0 Å². The highest BCUT2D eigenvalue weighted by Gasteiger charge is 1.83. The summed E-state index contributed by atoms with van der Waals surface area (Å²) in [7, 11) is 3.62. The van der Waals surface area contributed by atoms with Gasteiger partial charge in [0.05, 0.1) is 5.08 Å². The lowest BCUT2D eigenvalue weighted by Crippen LogP contribution is -1.68. The average Bonchev–Trinajstić information content (AvgIpc) is 2.16. The van der Waals surface area contributed by atoms with Gasteiger partial charge < -0.3 is 0 Å². The van der Waals surface area contributed by atoms with Crippen molar-refractivity contribution in [2.75, 3.05) is 10.8 Å². The van der Waals surface area contributed by atoms with E-state index in [1.807, 2.05) is 21.6 Å². The van der Waals surface area contributed by atoms with Gasteiger partial charge in [0.2, 0.25) is 0 Å². The molecular weight excluding hydrogens is 236 g/mol. The molecular formula is C9H14S4. The summed E-state index contributed by atoms with van der Waals surface area (Å²) < 4.78 is 0. The van der Waals surface area contributed by atoms with E-state index in [1.165, 1.54) is 0 Å². The van der Waals surface area contributed by atoms with Gasteiger partial charge in [-0.15, -0.1) is 23.5 Å². The van der Waals surface area contributed by atoms with E-state index in [-0.39, 0.29) is 0 Å². The predicted octanol–water partition coefficient (Wildman–Crippen LogP) is 4.98. The van der Waals surface area contributed by atoms with Crippen LogP contribution in [0, 0.1) is 0 Å². The Labute approximate surface area is 97.5 Å². The molecule has 0 unspecified atom stereocenters. The molecule has 0 aromatic heterocycles. The fourth-order valence-electron chi connectivity index (χ4n) is 0.470. The zero-order valence-electron chi connectivity index (χ0n) is 7.48. The number of hydrogen-bond acceptors (Lipinski definition) is 4. The van der Waals surface area contributed by atoms with Crippen LogP contribution >= 0.6 is 45.1 Å². The molecule has 0 bridgehead atoms. The molecule has 0 aliphatic heterocycles. The molecule has 0 N–H and O–H groups in total. The van der Waals surface area contributed by atoms with Crippen LogP contribution in [0.2, 0.25) is 0 Å². The van der Waals surface area contributed by atoms with Crippen molar-refractivity contribution < 1.29 is 0 Å². The molecule has 0 atom stereocenters. The first-order valence-corrected chi connectivity index (χ1v) is 8.28. The van der Waals surface area contributed by atoms with Gasteiger partial charge in [-0.2, -0.15) is 0 Å². The Kier molecular flexibility index (Phi) is 13.2. The fraction of sp³-hybridized carbons (Fsp3) is 0.333. The SMILES string of the molecule is C=CSCCC=CSSCSC=C. The van der Waals surface area contributed by atoms with Gasteiger partial charge in [-0.1, -0.05) is 40.8 Å². The molecule has 0 aliphatic carbocycles. The summed E-state index contributed by atoms with van der Waals surface area (Å²) in [5.41, 5.74) is 0. The zero-order chi connectivity index (χ0) is 9.78. The lowest BCUT2D eigenvalue weighted by Gasteiger charge is -1.92. The summed E-state index contributed by atoms with van der Waals surface area (Å²) in [5, 5.41) is 6.98. The second-order valence-corrected chi connectivity index (χ2v) is 6.53. The van der Waals surface area contributed by atoms with Crippen LogP contribution in [0.3, 0.4) is 0 Å². The number of thioether (sulfide) groups is 2. The summed E-state index contributed by atoms with van der Waals surface area (Å²) in [6.07, 6.45) is 3.32. The van der Waals surface area contributed by atoms with E-state index in [9.17, 15) is 0 Å². The third-order valence-electron chi connectivity index (χ3n) is 0.974. The minimum Gasteiger partial charge on any atom is -0.134 e. The molecule has 0 rings (SSSR count). The molecule has 0 nitrogen and oxygen atoms in total. The molecule has 13 heavy (non-hydrogen) atoms. The smallest absolute Gasteiger partial charge is 0.0540 e. The summed E-state index contributed by atoms with van der Waals surface area (Å²) in [6, 6.07) is 0. The lowest BCUT2D eigenvalue weighted by atomic mass is 10.5. The first-order chi connectivity index (χ1) is 6.41. The van der Waals surface area contributed by atoms with Crippen molar-refractivity contribution in [3.8, 4) is 0 Å². The van der Waals surface area contributed by atoms with Gasteiger partial charge in [0.25, 0.3) is 0 Å². The number of allylic oxidation sites excluding steroid dienone is 1. The van der Waals surface area contributed by atoms with E-state index >= 15 is 0 Å². The first-order valence-electron chi connectivity index (χ1n) is 3.80. The van der Waals surface area contributed by atoms with E-state index < -0.39 is 0 Å². The minimum absolute atomic E-state index is 1.07. The highest BCUT2D eigenvalue weighted by atomic mass is 33.1. The monoisotopic (exact) mass is 250 g/mol. The highest BCUT2D eigenvalue weighted by Crippen LogP contribution is 2.26. The van der Waals surface area contributed by atoms with Crippen LogP contribution in [0.4, 0.5) is 0 Å². The van der Waals surface area contributed by atoms with E-state index in [2.05, 4.69) is 24.6 Å². The zero-order valence-corrected chi connectivity index (χ0v) is 10.7. The van der Waals surface area contributed by atoms with Crippen molar-refractivity contribution in [2.24, 2.45) is 0 Å². The molecule has 74 valence electrons. The van der Waals surface area contributed by atoms with Crippen LogP contribution in [0.15, 0.2) is 35.5 Å². The normalized spacial score (nSPS) is 10.5. The quantitative estimate of drug-likeness (QED) is 0.321. The molecule has 0 radical (unpaired) electrons. The molecule has 4 heteroatoms. The van der Waals surface area contributed by atoms with Crippen molar-refractivity contribution in [3.63, 3.8) is 0 Å². The van der Waals surface area contributed by atoms with Crippen LogP contribution in [0.1, 0.15) is 6.42 Å². The van der Waals surface area contributed by atoms with Crippen LogP contribution in [-0.2, 0) is 0 Å². The third kappa shape index (κ3) is 12.6. The molecule has 0 saturated carbocycles.